The molecule has 2 aromatic carbocycles. The highest BCUT2D eigenvalue weighted by Gasteiger charge is 2.38. The maximum absolute atomic E-state index is 13.1. The van der Waals surface area contributed by atoms with Gasteiger partial charge in [0.1, 0.15) is 5.01 Å². The van der Waals surface area contributed by atoms with Crippen molar-refractivity contribution in [1.82, 2.24) is 9.29 Å². The molecule has 1 saturated carbocycles. The van der Waals surface area contributed by atoms with Crippen molar-refractivity contribution in [3.05, 3.63) is 70.7 Å². The number of benzene rings is 2. The van der Waals surface area contributed by atoms with Gasteiger partial charge in [-0.1, -0.05) is 12.1 Å². The fraction of sp³-hybridized carbons (Fsp3) is 0.238. The fourth-order valence-electron chi connectivity index (χ4n) is 3.08. The largest absolute Gasteiger partial charge is 0.416 e. The number of hydrogen-bond acceptors (Lipinski definition) is 5. The minimum Gasteiger partial charge on any atom is -0.240 e. The minimum atomic E-state index is -4.41. The zero-order valence-electron chi connectivity index (χ0n) is 16.0. The Hall–Kier alpha value is -2.74. The molecule has 160 valence electrons. The SMILES string of the molecule is N#Cc1ccc(S(=O)(=O)N(Cc2csc(-c3ccc(C(F)(F)F)cc3)n2)C2CC2)cc1. The molecule has 0 saturated heterocycles. The first-order chi connectivity index (χ1) is 14.7. The summed E-state index contributed by atoms with van der Waals surface area (Å²) >= 11 is 1.25. The Morgan fingerprint density at radius 1 is 1.10 bits per heavy atom. The van der Waals surface area contributed by atoms with Gasteiger partial charge in [-0.15, -0.1) is 11.3 Å². The van der Waals surface area contributed by atoms with E-state index in [1.807, 2.05) is 6.07 Å². The molecule has 0 atom stereocenters. The highest BCUT2D eigenvalue weighted by Crippen LogP contribution is 2.35. The Labute approximate surface area is 181 Å². The van der Waals surface area contributed by atoms with Crippen molar-refractivity contribution in [3.8, 4) is 16.6 Å². The topological polar surface area (TPSA) is 74.1 Å². The first kappa shape index (κ1) is 21.5. The van der Waals surface area contributed by atoms with Crippen molar-refractivity contribution in [2.45, 2.75) is 36.5 Å². The van der Waals surface area contributed by atoms with E-state index in [9.17, 15) is 21.6 Å². The predicted octanol–water partition coefficient (Wildman–Crippen LogP) is 5.05. The number of nitrogens with zero attached hydrogens (tertiary/aromatic N) is 3. The summed E-state index contributed by atoms with van der Waals surface area (Å²) < 4.78 is 65.9. The van der Waals surface area contributed by atoms with Crippen LogP contribution in [0.3, 0.4) is 0 Å². The molecule has 0 radical (unpaired) electrons. The Balaban J connectivity index is 1.56. The lowest BCUT2D eigenvalue weighted by Crippen LogP contribution is -2.32. The number of halogens is 3. The Morgan fingerprint density at radius 2 is 1.74 bits per heavy atom. The van der Waals surface area contributed by atoms with Crippen molar-refractivity contribution in [1.29, 1.82) is 5.26 Å². The molecule has 1 aromatic heterocycles. The molecule has 5 nitrogen and oxygen atoms in total. The molecule has 0 N–H and O–H groups in total. The average molecular weight is 464 g/mol. The number of hydrogen-bond donors (Lipinski definition) is 0. The van der Waals surface area contributed by atoms with E-state index in [4.69, 9.17) is 5.26 Å². The summed E-state index contributed by atoms with van der Waals surface area (Å²) in [5, 5.41) is 11.2. The van der Waals surface area contributed by atoms with Crippen molar-refractivity contribution in [2.24, 2.45) is 0 Å². The van der Waals surface area contributed by atoms with Gasteiger partial charge in [0.15, 0.2) is 0 Å². The second-order valence-corrected chi connectivity index (χ2v) is 9.89. The summed E-state index contributed by atoms with van der Waals surface area (Å²) in [6.07, 6.45) is -2.89. The smallest absolute Gasteiger partial charge is 0.240 e. The summed E-state index contributed by atoms with van der Waals surface area (Å²) in [5.41, 5.74) is 0.709. The number of rotatable bonds is 6. The molecule has 0 aliphatic heterocycles. The van der Waals surface area contributed by atoms with E-state index < -0.39 is 21.8 Å². The zero-order valence-corrected chi connectivity index (χ0v) is 17.6. The van der Waals surface area contributed by atoms with Crippen molar-refractivity contribution < 1.29 is 21.6 Å². The van der Waals surface area contributed by atoms with Crippen molar-refractivity contribution in [2.75, 3.05) is 0 Å². The van der Waals surface area contributed by atoms with Crippen LogP contribution in [0.5, 0.6) is 0 Å². The van der Waals surface area contributed by atoms with Crippen molar-refractivity contribution in [3.63, 3.8) is 0 Å². The molecule has 3 aromatic rings. The maximum atomic E-state index is 13.1. The summed E-state index contributed by atoms with van der Waals surface area (Å²) in [6, 6.07) is 12.3. The molecular weight excluding hydrogens is 447 g/mol. The molecule has 1 aliphatic carbocycles. The monoisotopic (exact) mass is 463 g/mol. The van der Waals surface area contributed by atoms with Gasteiger partial charge < -0.3 is 0 Å². The molecule has 0 bridgehead atoms. The van der Waals surface area contributed by atoms with E-state index in [0.29, 0.717) is 21.8 Å². The van der Waals surface area contributed by atoms with E-state index >= 15 is 0 Å². The van der Waals surface area contributed by atoms with E-state index in [0.717, 1.165) is 25.0 Å². The summed E-state index contributed by atoms with van der Waals surface area (Å²) in [5.74, 6) is 0. The van der Waals surface area contributed by atoms with Gasteiger partial charge in [0.05, 0.1) is 34.3 Å². The highest BCUT2D eigenvalue weighted by molar-refractivity contribution is 7.89. The van der Waals surface area contributed by atoms with Crippen LogP contribution < -0.4 is 0 Å². The second kappa shape index (κ2) is 8.07. The van der Waals surface area contributed by atoms with Gasteiger partial charge in [-0.25, -0.2) is 13.4 Å². The molecule has 0 unspecified atom stereocenters. The van der Waals surface area contributed by atoms with Crippen LogP contribution in [0.15, 0.2) is 58.8 Å². The van der Waals surface area contributed by atoms with Gasteiger partial charge in [0.2, 0.25) is 10.0 Å². The third kappa shape index (κ3) is 4.63. The number of thiazole rings is 1. The first-order valence-corrected chi connectivity index (χ1v) is 11.6. The molecule has 1 fully saturated rings. The highest BCUT2D eigenvalue weighted by atomic mass is 32.2. The van der Waals surface area contributed by atoms with Crippen LogP contribution in [0.1, 0.15) is 29.7 Å². The number of alkyl halides is 3. The molecule has 0 spiro atoms. The molecule has 10 heteroatoms. The quantitative estimate of drug-likeness (QED) is 0.513. The lowest BCUT2D eigenvalue weighted by atomic mass is 10.1. The Morgan fingerprint density at radius 3 is 2.29 bits per heavy atom. The van der Waals surface area contributed by atoms with Gasteiger partial charge >= 0.3 is 6.18 Å². The average Bonchev–Trinajstić information content (AvgIpc) is 3.48. The summed E-state index contributed by atoms with van der Waals surface area (Å²) in [4.78, 5) is 4.55. The third-order valence-corrected chi connectivity index (χ3v) is 7.73. The lowest BCUT2D eigenvalue weighted by molar-refractivity contribution is -0.137. The van der Waals surface area contributed by atoms with Crippen LogP contribution in [0.2, 0.25) is 0 Å². The first-order valence-electron chi connectivity index (χ1n) is 9.32. The Kier molecular flexibility index (Phi) is 5.60. The van der Waals surface area contributed by atoms with E-state index in [1.54, 1.807) is 5.38 Å². The van der Waals surface area contributed by atoms with Crippen LogP contribution in [0.4, 0.5) is 13.2 Å². The van der Waals surface area contributed by atoms with Gasteiger partial charge in [-0.2, -0.15) is 22.7 Å². The van der Waals surface area contributed by atoms with Crippen molar-refractivity contribution >= 4 is 21.4 Å². The van der Waals surface area contributed by atoms with Crippen LogP contribution in [-0.2, 0) is 22.7 Å². The summed E-state index contributed by atoms with van der Waals surface area (Å²) in [6.45, 7) is 0.0735. The molecule has 4 rings (SSSR count). The molecule has 31 heavy (non-hydrogen) atoms. The number of sulfonamides is 1. The van der Waals surface area contributed by atoms with Crippen LogP contribution in [0, 0.1) is 11.3 Å². The lowest BCUT2D eigenvalue weighted by Gasteiger charge is -2.21. The maximum Gasteiger partial charge on any atom is 0.416 e. The molecular formula is C21H16F3N3O2S2. The molecule has 1 heterocycles. The van der Waals surface area contributed by atoms with Crippen LogP contribution >= 0.6 is 11.3 Å². The van der Waals surface area contributed by atoms with E-state index in [2.05, 4.69) is 4.98 Å². The Bertz CT molecular complexity index is 1220. The normalized spacial score (nSPS) is 14.5. The number of aromatic nitrogens is 1. The summed E-state index contributed by atoms with van der Waals surface area (Å²) in [7, 11) is -3.77. The van der Waals surface area contributed by atoms with Crippen LogP contribution in [0.25, 0.3) is 10.6 Å². The second-order valence-electron chi connectivity index (χ2n) is 7.14. The van der Waals surface area contributed by atoms with E-state index in [1.165, 1.54) is 52.0 Å². The van der Waals surface area contributed by atoms with Gasteiger partial charge in [-0.05, 0) is 49.2 Å². The fourth-order valence-corrected chi connectivity index (χ4v) is 5.56. The third-order valence-electron chi connectivity index (χ3n) is 4.87. The minimum absolute atomic E-state index is 0.0735. The zero-order chi connectivity index (χ0) is 22.2. The predicted molar refractivity (Wildman–Crippen MR) is 109 cm³/mol. The van der Waals surface area contributed by atoms with Gasteiger partial charge in [0.25, 0.3) is 0 Å². The van der Waals surface area contributed by atoms with Gasteiger partial charge in [-0.3, -0.25) is 0 Å². The molecule has 0 amide bonds. The van der Waals surface area contributed by atoms with Crippen LogP contribution in [-0.4, -0.2) is 23.7 Å². The van der Waals surface area contributed by atoms with E-state index in [-0.39, 0.29) is 17.5 Å². The molecule has 1 aliphatic rings. The standard InChI is InChI=1S/C21H16F3N3O2S2/c22-21(23,24)16-5-3-15(4-6-16)20-26-17(13-30-20)12-27(18-7-8-18)31(28,29)19-9-1-14(11-25)2-10-19/h1-6,9-10,13,18H,7-8,12H2. The van der Waals surface area contributed by atoms with Gasteiger partial charge in [0, 0.05) is 17.0 Å². The number of nitriles is 1.